The lowest BCUT2D eigenvalue weighted by molar-refractivity contribution is 0.0684. The van der Waals surface area contributed by atoms with E-state index in [9.17, 15) is 14.7 Å². The minimum absolute atomic E-state index is 0.0641. The first-order valence-corrected chi connectivity index (χ1v) is 6.91. The van der Waals surface area contributed by atoms with Gasteiger partial charge in [-0.1, -0.05) is 23.4 Å². The molecule has 0 aromatic heterocycles. The third-order valence-corrected chi connectivity index (χ3v) is 4.05. The lowest BCUT2D eigenvalue weighted by Crippen LogP contribution is -2.00. The Hall–Kier alpha value is -2.18. The fourth-order valence-electron chi connectivity index (χ4n) is 1.65. The van der Waals surface area contributed by atoms with E-state index >= 15 is 0 Å². The van der Waals surface area contributed by atoms with Crippen molar-refractivity contribution in [2.75, 3.05) is 5.73 Å². The molecule has 108 valence electrons. The molecule has 2 rings (SSSR count). The largest absolute Gasteiger partial charge is 0.478 e. The minimum Gasteiger partial charge on any atom is -0.478 e. The molecule has 0 saturated heterocycles. The smallest absolute Gasteiger partial charge is 0.336 e. The van der Waals surface area contributed by atoms with Crippen molar-refractivity contribution in [2.24, 2.45) is 0 Å². The summed E-state index contributed by atoms with van der Waals surface area (Å²) in [5.41, 5.74) is 6.21. The predicted molar refractivity (Wildman–Crippen MR) is 80.3 cm³/mol. The number of nitrogens with two attached hydrogens (primary N) is 1. The lowest BCUT2D eigenvalue weighted by atomic mass is 10.2. The highest BCUT2D eigenvalue weighted by molar-refractivity contribution is 7.99. The first-order valence-electron chi connectivity index (χ1n) is 5.72. The van der Waals surface area contributed by atoms with Crippen LogP contribution in [-0.2, 0) is 0 Å². The van der Waals surface area contributed by atoms with Crippen molar-refractivity contribution >= 4 is 41.0 Å². The SMILES string of the molecule is Nc1cc(C(=O)O)ccc1Sc1ccc(Cl)cc1C(=O)O. The molecule has 5 nitrogen and oxygen atoms in total. The maximum atomic E-state index is 11.2. The van der Waals surface area contributed by atoms with Gasteiger partial charge in [0.2, 0.25) is 0 Å². The zero-order valence-corrected chi connectivity index (χ0v) is 12.1. The highest BCUT2D eigenvalue weighted by atomic mass is 35.5. The van der Waals surface area contributed by atoms with Crippen LogP contribution in [0.5, 0.6) is 0 Å². The Kier molecular flexibility index (Phi) is 4.40. The molecule has 0 aliphatic carbocycles. The zero-order chi connectivity index (χ0) is 15.6. The molecular formula is C14H10ClNO4S. The number of carboxylic acids is 2. The van der Waals surface area contributed by atoms with E-state index in [1.807, 2.05) is 0 Å². The van der Waals surface area contributed by atoms with Gasteiger partial charge < -0.3 is 15.9 Å². The number of hydrogen-bond donors (Lipinski definition) is 3. The van der Waals surface area contributed by atoms with Gasteiger partial charge in [-0.15, -0.1) is 0 Å². The molecule has 21 heavy (non-hydrogen) atoms. The third-order valence-electron chi connectivity index (χ3n) is 2.65. The number of benzene rings is 2. The highest BCUT2D eigenvalue weighted by Gasteiger charge is 2.14. The normalized spacial score (nSPS) is 10.3. The number of carboxylic acid groups (broad SMARTS) is 2. The Balaban J connectivity index is 2.39. The summed E-state index contributed by atoms with van der Waals surface area (Å²) >= 11 is 6.93. The number of halogens is 1. The van der Waals surface area contributed by atoms with Crippen molar-refractivity contribution in [3.05, 3.63) is 52.5 Å². The van der Waals surface area contributed by atoms with E-state index in [1.165, 1.54) is 18.2 Å². The predicted octanol–water partition coefficient (Wildman–Crippen LogP) is 3.47. The van der Waals surface area contributed by atoms with Crippen LogP contribution in [-0.4, -0.2) is 22.2 Å². The van der Waals surface area contributed by atoms with E-state index in [0.717, 1.165) is 11.8 Å². The van der Waals surface area contributed by atoms with Gasteiger partial charge in [-0.25, -0.2) is 9.59 Å². The van der Waals surface area contributed by atoms with E-state index in [1.54, 1.807) is 18.2 Å². The second kappa shape index (κ2) is 6.07. The Labute approximate surface area is 129 Å². The van der Waals surface area contributed by atoms with Crippen LogP contribution in [0.1, 0.15) is 20.7 Å². The molecule has 0 unspecified atom stereocenters. The summed E-state index contributed by atoms with van der Waals surface area (Å²) in [6.45, 7) is 0. The van der Waals surface area contributed by atoms with Crippen LogP contribution in [0.4, 0.5) is 5.69 Å². The molecule has 4 N–H and O–H groups in total. The maximum absolute atomic E-state index is 11.2. The van der Waals surface area contributed by atoms with Crippen LogP contribution < -0.4 is 5.73 Å². The lowest BCUT2D eigenvalue weighted by Gasteiger charge is -2.09. The van der Waals surface area contributed by atoms with Crippen LogP contribution in [0.25, 0.3) is 0 Å². The third kappa shape index (κ3) is 3.48. The maximum Gasteiger partial charge on any atom is 0.336 e. The van der Waals surface area contributed by atoms with Gasteiger partial charge >= 0.3 is 11.9 Å². The van der Waals surface area contributed by atoms with Crippen LogP contribution in [0.15, 0.2) is 46.2 Å². The van der Waals surface area contributed by atoms with Crippen LogP contribution in [0.3, 0.4) is 0 Å². The summed E-state index contributed by atoms with van der Waals surface area (Å²) in [5.74, 6) is -2.17. The number of rotatable bonds is 4. The van der Waals surface area contributed by atoms with Crippen LogP contribution in [0.2, 0.25) is 5.02 Å². The van der Waals surface area contributed by atoms with Gasteiger partial charge in [0, 0.05) is 20.5 Å². The van der Waals surface area contributed by atoms with E-state index < -0.39 is 11.9 Å². The fraction of sp³-hybridized carbons (Fsp3) is 0. The Bertz CT molecular complexity index is 733. The molecule has 0 atom stereocenters. The monoisotopic (exact) mass is 323 g/mol. The van der Waals surface area contributed by atoms with Gasteiger partial charge in [0.1, 0.15) is 0 Å². The number of hydrogen-bond acceptors (Lipinski definition) is 4. The standard InChI is InChI=1S/C14H10ClNO4S/c15-8-2-4-11(9(6-8)14(19)20)21-12-3-1-7(13(17)18)5-10(12)16/h1-6H,16H2,(H,17,18)(H,19,20). The van der Waals surface area contributed by atoms with E-state index in [-0.39, 0.29) is 16.8 Å². The summed E-state index contributed by atoms with van der Waals surface area (Å²) in [6, 6.07) is 8.81. The molecule has 0 spiro atoms. The number of carbonyl (C=O) groups is 2. The summed E-state index contributed by atoms with van der Waals surface area (Å²) in [7, 11) is 0. The highest BCUT2D eigenvalue weighted by Crippen LogP contribution is 2.35. The van der Waals surface area contributed by atoms with Gasteiger partial charge in [0.25, 0.3) is 0 Å². The van der Waals surface area contributed by atoms with Crippen molar-refractivity contribution < 1.29 is 19.8 Å². The number of aromatic carboxylic acids is 2. The molecule has 0 fully saturated rings. The molecular weight excluding hydrogens is 314 g/mol. The first kappa shape index (κ1) is 15.2. The van der Waals surface area contributed by atoms with Crippen molar-refractivity contribution in [2.45, 2.75) is 9.79 Å². The number of anilines is 1. The molecule has 2 aromatic rings. The fourth-order valence-corrected chi connectivity index (χ4v) is 2.77. The Morgan fingerprint density at radius 1 is 1.00 bits per heavy atom. The van der Waals surface area contributed by atoms with Gasteiger partial charge in [-0.3, -0.25) is 0 Å². The van der Waals surface area contributed by atoms with Crippen LogP contribution >= 0.6 is 23.4 Å². The van der Waals surface area contributed by atoms with E-state index in [0.29, 0.717) is 14.8 Å². The molecule has 0 aliphatic rings. The van der Waals surface area contributed by atoms with Gasteiger partial charge in [0.15, 0.2) is 0 Å². The molecule has 0 aliphatic heterocycles. The van der Waals surface area contributed by atoms with Crippen molar-refractivity contribution in [1.29, 1.82) is 0 Å². The summed E-state index contributed by atoms with van der Waals surface area (Å²) in [5, 5.41) is 18.4. The molecule has 2 aromatic carbocycles. The number of nitrogen functional groups attached to an aromatic ring is 1. The summed E-state index contributed by atoms with van der Waals surface area (Å²) in [6.07, 6.45) is 0. The molecule has 0 saturated carbocycles. The van der Waals surface area contributed by atoms with E-state index in [2.05, 4.69) is 0 Å². The van der Waals surface area contributed by atoms with Gasteiger partial charge in [-0.2, -0.15) is 0 Å². The second-order valence-electron chi connectivity index (χ2n) is 4.11. The second-order valence-corrected chi connectivity index (χ2v) is 5.63. The quantitative estimate of drug-likeness (QED) is 0.745. The summed E-state index contributed by atoms with van der Waals surface area (Å²) in [4.78, 5) is 23.1. The van der Waals surface area contributed by atoms with Crippen LogP contribution in [0, 0.1) is 0 Å². The molecule has 0 bridgehead atoms. The van der Waals surface area contributed by atoms with Crippen molar-refractivity contribution in [3.8, 4) is 0 Å². The Morgan fingerprint density at radius 2 is 1.67 bits per heavy atom. The molecule has 0 heterocycles. The van der Waals surface area contributed by atoms with Gasteiger partial charge in [-0.05, 0) is 36.4 Å². The van der Waals surface area contributed by atoms with E-state index in [4.69, 9.17) is 22.4 Å². The topological polar surface area (TPSA) is 101 Å². The Morgan fingerprint density at radius 3 is 2.24 bits per heavy atom. The molecule has 0 radical (unpaired) electrons. The van der Waals surface area contributed by atoms with Gasteiger partial charge in [0.05, 0.1) is 11.1 Å². The first-order chi connectivity index (χ1) is 9.88. The molecule has 7 heteroatoms. The average Bonchev–Trinajstić information content (AvgIpc) is 2.42. The zero-order valence-electron chi connectivity index (χ0n) is 10.5. The minimum atomic E-state index is -1.10. The average molecular weight is 324 g/mol. The molecule has 0 amide bonds. The van der Waals surface area contributed by atoms with Crippen molar-refractivity contribution in [1.82, 2.24) is 0 Å². The summed E-state index contributed by atoms with van der Waals surface area (Å²) < 4.78 is 0. The van der Waals surface area contributed by atoms with Crippen molar-refractivity contribution in [3.63, 3.8) is 0 Å².